The number of H-pyrrole nitrogens is 1. The molecule has 1 N–H and O–H groups in total. The van der Waals surface area contributed by atoms with E-state index in [9.17, 15) is 14.4 Å². The zero-order valence-electron chi connectivity index (χ0n) is 15.9. The van der Waals surface area contributed by atoms with Crippen molar-refractivity contribution in [2.24, 2.45) is 5.41 Å². The molecule has 2 fully saturated rings. The van der Waals surface area contributed by atoms with Crippen LogP contribution in [0.1, 0.15) is 49.7 Å². The summed E-state index contributed by atoms with van der Waals surface area (Å²) in [6.45, 7) is 8.35. The topological polar surface area (TPSA) is 86.4 Å². The van der Waals surface area contributed by atoms with E-state index in [-0.39, 0.29) is 29.2 Å². The third kappa shape index (κ3) is 3.66. The van der Waals surface area contributed by atoms with Gasteiger partial charge in [0.25, 0.3) is 5.56 Å². The van der Waals surface area contributed by atoms with Crippen LogP contribution in [0.15, 0.2) is 4.79 Å². The van der Waals surface area contributed by atoms with Gasteiger partial charge in [0.2, 0.25) is 11.8 Å². The second-order valence-corrected chi connectivity index (χ2v) is 7.72. The van der Waals surface area contributed by atoms with Gasteiger partial charge < -0.3 is 14.8 Å². The van der Waals surface area contributed by atoms with Gasteiger partial charge in [-0.25, -0.2) is 4.98 Å². The third-order valence-electron chi connectivity index (χ3n) is 5.81. The first-order valence-electron chi connectivity index (χ1n) is 9.45. The van der Waals surface area contributed by atoms with E-state index < -0.39 is 0 Å². The molecule has 2 saturated heterocycles. The smallest absolute Gasteiger partial charge is 0.254 e. The van der Waals surface area contributed by atoms with Crippen molar-refractivity contribution in [3.8, 4) is 0 Å². The molecule has 7 nitrogen and oxygen atoms in total. The van der Waals surface area contributed by atoms with E-state index in [0.29, 0.717) is 30.0 Å². The molecule has 0 radical (unpaired) electrons. The quantitative estimate of drug-likeness (QED) is 0.877. The minimum absolute atomic E-state index is 0.00478. The number of aryl methyl sites for hydroxylation is 2. The molecule has 0 aromatic carbocycles. The summed E-state index contributed by atoms with van der Waals surface area (Å²) < 4.78 is 0. The Labute approximate surface area is 153 Å². The van der Waals surface area contributed by atoms with Crippen molar-refractivity contribution in [3.05, 3.63) is 27.4 Å². The third-order valence-corrected chi connectivity index (χ3v) is 5.81. The van der Waals surface area contributed by atoms with Gasteiger partial charge in [-0.1, -0.05) is 0 Å². The molecule has 1 aromatic heterocycles. The molecule has 142 valence electrons. The van der Waals surface area contributed by atoms with Crippen LogP contribution < -0.4 is 5.56 Å². The average molecular weight is 360 g/mol. The SMILES string of the molecule is CCN1C[C@]2(CCCN(C(=O)Cc3c(C)nc(C)[nH]c3=O)C2)CCC1=O. The zero-order valence-corrected chi connectivity index (χ0v) is 15.9. The number of likely N-dealkylation sites (tertiary alicyclic amines) is 2. The van der Waals surface area contributed by atoms with E-state index in [0.717, 1.165) is 38.9 Å². The molecule has 0 bridgehead atoms. The summed E-state index contributed by atoms with van der Waals surface area (Å²) >= 11 is 0. The van der Waals surface area contributed by atoms with Crippen molar-refractivity contribution in [2.45, 2.75) is 52.9 Å². The number of carbonyl (C=O) groups is 2. The van der Waals surface area contributed by atoms with Crippen LogP contribution in [0, 0.1) is 19.3 Å². The second kappa shape index (κ2) is 7.21. The second-order valence-electron chi connectivity index (χ2n) is 7.72. The van der Waals surface area contributed by atoms with Gasteiger partial charge >= 0.3 is 0 Å². The molecule has 26 heavy (non-hydrogen) atoms. The first kappa shape index (κ1) is 18.6. The number of aromatic amines is 1. The van der Waals surface area contributed by atoms with Crippen molar-refractivity contribution in [1.82, 2.24) is 19.8 Å². The number of rotatable bonds is 3. The van der Waals surface area contributed by atoms with Crippen molar-refractivity contribution in [3.63, 3.8) is 0 Å². The molecule has 1 aromatic rings. The standard InChI is InChI=1S/C19H28N4O3/c1-4-22-11-19(8-6-16(22)24)7-5-9-23(12-19)17(25)10-15-13(2)20-14(3)21-18(15)26/h4-12H2,1-3H3,(H,20,21,26)/t19-/m0/s1. The van der Waals surface area contributed by atoms with E-state index in [2.05, 4.69) is 9.97 Å². The van der Waals surface area contributed by atoms with Gasteiger partial charge in [0.05, 0.1) is 6.42 Å². The molecular weight excluding hydrogens is 332 g/mol. The lowest BCUT2D eigenvalue weighted by molar-refractivity contribution is -0.142. The fraction of sp³-hybridized carbons (Fsp3) is 0.684. The monoisotopic (exact) mass is 360 g/mol. The summed E-state index contributed by atoms with van der Waals surface area (Å²) in [6.07, 6.45) is 3.49. The van der Waals surface area contributed by atoms with Gasteiger partial charge in [0.15, 0.2) is 0 Å². The number of hydrogen-bond donors (Lipinski definition) is 1. The van der Waals surface area contributed by atoms with Gasteiger partial charge in [0, 0.05) is 49.3 Å². The molecule has 0 aliphatic carbocycles. The Kier molecular flexibility index (Phi) is 5.16. The molecule has 0 saturated carbocycles. The van der Waals surface area contributed by atoms with Crippen molar-refractivity contribution < 1.29 is 9.59 Å². The molecule has 1 atom stereocenters. The highest BCUT2D eigenvalue weighted by Crippen LogP contribution is 2.38. The average Bonchev–Trinajstić information content (AvgIpc) is 2.60. The zero-order chi connectivity index (χ0) is 18.9. The summed E-state index contributed by atoms with van der Waals surface area (Å²) in [5.74, 6) is 0.755. The molecule has 7 heteroatoms. The lowest BCUT2D eigenvalue weighted by atomic mass is 9.73. The van der Waals surface area contributed by atoms with E-state index in [1.807, 2.05) is 16.7 Å². The molecule has 0 unspecified atom stereocenters. The van der Waals surface area contributed by atoms with Crippen LogP contribution in [0.3, 0.4) is 0 Å². The number of nitrogens with zero attached hydrogens (tertiary/aromatic N) is 3. The van der Waals surface area contributed by atoms with E-state index in [1.54, 1.807) is 13.8 Å². The minimum Gasteiger partial charge on any atom is -0.342 e. The van der Waals surface area contributed by atoms with Gasteiger partial charge in [-0.15, -0.1) is 0 Å². The maximum Gasteiger partial charge on any atom is 0.254 e. The Balaban J connectivity index is 1.73. The molecule has 2 aliphatic heterocycles. The van der Waals surface area contributed by atoms with E-state index in [4.69, 9.17) is 0 Å². The number of aromatic nitrogens is 2. The first-order chi connectivity index (χ1) is 12.3. The molecule has 2 aliphatic rings. The molecule has 3 heterocycles. The predicted octanol–water partition coefficient (Wildman–Crippen LogP) is 1.18. The Hall–Kier alpha value is -2.18. The van der Waals surface area contributed by atoms with Crippen LogP contribution in [-0.2, 0) is 16.0 Å². The number of amides is 2. The highest BCUT2D eigenvalue weighted by molar-refractivity contribution is 5.79. The molecule has 1 spiro atoms. The minimum atomic E-state index is -0.226. The summed E-state index contributed by atoms with van der Waals surface area (Å²) in [4.78, 5) is 47.8. The fourth-order valence-corrected chi connectivity index (χ4v) is 4.37. The Morgan fingerprint density at radius 2 is 2.00 bits per heavy atom. The van der Waals surface area contributed by atoms with Crippen molar-refractivity contribution in [2.75, 3.05) is 26.2 Å². The number of piperidine rings is 2. The normalized spacial score (nSPS) is 23.6. The summed E-state index contributed by atoms with van der Waals surface area (Å²) in [7, 11) is 0. The Morgan fingerprint density at radius 1 is 1.23 bits per heavy atom. The van der Waals surface area contributed by atoms with E-state index >= 15 is 0 Å². The maximum absolute atomic E-state index is 12.9. The number of nitrogens with one attached hydrogen (secondary N) is 1. The van der Waals surface area contributed by atoms with Crippen LogP contribution in [0.25, 0.3) is 0 Å². The van der Waals surface area contributed by atoms with Gasteiger partial charge in [-0.2, -0.15) is 0 Å². The Morgan fingerprint density at radius 3 is 2.69 bits per heavy atom. The number of carbonyl (C=O) groups excluding carboxylic acids is 2. The predicted molar refractivity (Wildman–Crippen MR) is 97.8 cm³/mol. The summed E-state index contributed by atoms with van der Waals surface area (Å²) in [5.41, 5.74) is 0.849. The highest BCUT2D eigenvalue weighted by Gasteiger charge is 2.42. The number of hydrogen-bond acceptors (Lipinski definition) is 4. The van der Waals surface area contributed by atoms with Crippen LogP contribution >= 0.6 is 0 Å². The lowest BCUT2D eigenvalue weighted by Gasteiger charge is -2.48. The lowest BCUT2D eigenvalue weighted by Crippen LogP contribution is -2.55. The van der Waals surface area contributed by atoms with Gasteiger partial charge in [-0.3, -0.25) is 14.4 Å². The van der Waals surface area contributed by atoms with Gasteiger partial charge in [0.1, 0.15) is 5.82 Å². The first-order valence-corrected chi connectivity index (χ1v) is 9.45. The van der Waals surface area contributed by atoms with Gasteiger partial charge in [-0.05, 0) is 40.0 Å². The van der Waals surface area contributed by atoms with Crippen LogP contribution in [0.5, 0.6) is 0 Å². The largest absolute Gasteiger partial charge is 0.342 e. The van der Waals surface area contributed by atoms with E-state index in [1.165, 1.54) is 0 Å². The molecular formula is C19H28N4O3. The Bertz CT molecular complexity index is 773. The van der Waals surface area contributed by atoms with Crippen LogP contribution in [-0.4, -0.2) is 57.8 Å². The molecule has 2 amide bonds. The maximum atomic E-state index is 12.9. The van der Waals surface area contributed by atoms with Crippen LogP contribution in [0.4, 0.5) is 0 Å². The summed E-state index contributed by atoms with van der Waals surface area (Å²) in [5, 5.41) is 0. The van der Waals surface area contributed by atoms with Crippen molar-refractivity contribution >= 4 is 11.8 Å². The molecule has 3 rings (SSSR count). The van der Waals surface area contributed by atoms with Crippen molar-refractivity contribution in [1.29, 1.82) is 0 Å². The summed E-state index contributed by atoms with van der Waals surface area (Å²) in [6, 6.07) is 0. The highest BCUT2D eigenvalue weighted by atomic mass is 16.2. The fourth-order valence-electron chi connectivity index (χ4n) is 4.37. The van der Waals surface area contributed by atoms with Crippen LogP contribution in [0.2, 0.25) is 0 Å².